The van der Waals surface area contributed by atoms with E-state index in [-0.39, 0.29) is 17.9 Å². The fraction of sp³-hybridized carbons (Fsp3) is 0.300. The van der Waals surface area contributed by atoms with Crippen molar-refractivity contribution in [1.82, 2.24) is 9.97 Å². The maximum atomic E-state index is 13.2. The third-order valence-electron chi connectivity index (χ3n) is 1.89. The van der Waals surface area contributed by atoms with Gasteiger partial charge in [0, 0.05) is 18.0 Å². The molecule has 0 aliphatic rings. The van der Waals surface area contributed by atoms with Crippen molar-refractivity contribution < 1.29 is 17.6 Å². The van der Waals surface area contributed by atoms with Crippen LogP contribution in [0.5, 0.6) is 0 Å². The summed E-state index contributed by atoms with van der Waals surface area (Å²) >= 11 is 0. The number of aromatic nitrogens is 2. The van der Waals surface area contributed by atoms with Crippen LogP contribution in [0.1, 0.15) is 19.2 Å². The molecule has 18 heavy (non-hydrogen) atoms. The zero-order valence-electron chi connectivity index (χ0n) is 9.37. The summed E-state index contributed by atoms with van der Waals surface area (Å²) in [5.41, 5.74) is 5.24. The van der Waals surface area contributed by atoms with E-state index in [1.165, 1.54) is 0 Å². The van der Waals surface area contributed by atoms with E-state index in [0.29, 0.717) is 0 Å². The molecule has 0 saturated carbocycles. The predicted octanol–water partition coefficient (Wildman–Crippen LogP) is 2.75. The Bertz CT molecular complexity index is 479. The van der Waals surface area contributed by atoms with Crippen LogP contribution in [0.3, 0.4) is 0 Å². The first-order valence-corrected chi connectivity index (χ1v) is 4.93. The molecular weight excluding hydrogens is 252 g/mol. The van der Waals surface area contributed by atoms with Gasteiger partial charge in [0.1, 0.15) is 0 Å². The minimum atomic E-state index is -4.66. The summed E-state index contributed by atoms with van der Waals surface area (Å²) in [6, 6.07) is 1.13. The van der Waals surface area contributed by atoms with Crippen LogP contribution in [-0.2, 0) is 6.18 Å². The Morgan fingerprint density at radius 1 is 1.50 bits per heavy atom. The number of halogens is 4. The van der Waals surface area contributed by atoms with Crippen molar-refractivity contribution >= 4 is 12.0 Å². The van der Waals surface area contributed by atoms with Crippen molar-refractivity contribution in [2.24, 2.45) is 10.7 Å². The lowest BCUT2D eigenvalue weighted by atomic mass is 10.3. The Balaban J connectivity index is 2.97. The van der Waals surface area contributed by atoms with E-state index >= 15 is 0 Å². The van der Waals surface area contributed by atoms with Gasteiger partial charge in [-0.1, -0.05) is 6.92 Å². The SMILES string of the molecule is CCC(N)=C(F)C=Nc1ccnc(C(F)(F)F)n1. The summed E-state index contributed by atoms with van der Waals surface area (Å²) < 4.78 is 50.0. The van der Waals surface area contributed by atoms with Gasteiger partial charge in [0.15, 0.2) is 11.6 Å². The van der Waals surface area contributed by atoms with Crippen molar-refractivity contribution in [2.45, 2.75) is 19.5 Å². The molecule has 0 aliphatic heterocycles. The van der Waals surface area contributed by atoms with Crippen LogP contribution in [-0.4, -0.2) is 16.2 Å². The zero-order valence-corrected chi connectivity index (χ0v) is 9.37. The standard InChI is InChI=1S/C10H10F4N4/c1-2-7(15)6(11)5-17-8-3-4-16-9(18-8)10(12,13)14/h3-5H,2,15H2,1H3. The summed E-state index contributed by atoms with van der Waals surface area (Å²) in [5, 5.41) is 0. The molecule has 0 fully saturated rings. The van der Waals surface area contributed by atoms with E-state index in [0.717, 1.165) is 18.5 Å². The maximum absolute atomic E-state index is 13.2. The molecule has 2 N–H and O–H groups in total. The lowest BCUT2D eigenvalue weighted by Crippen LogP contribution is -2.10. The molecule has 0 aromatic carbocycles. The average Bonchev–Trinajstić information content (AvgIpc) is 2.34. The largest absolute Gasteiger partial charge is 0.451 e. The second-order valence-corrected chi connectivity index (χ2v) is 3.22. The Morgan fingerprint density at radius 3 is 2.72 bits per heavy atom. The lowest BCUT2D eigenvalue weighted by Gasteiger charge is -2.03. The number of allylic oxidation sites excluding steroid dienone is 2. The zero-order chi connectivity index (χ0) is 13.8. The Hall–Kier alpha value is -1.99. The van der Waals surface area contributed by atoms with Crippen molar-refractivity contribution in [3.05, 3.63) is 29.6 Å². The number of nitrogens with two attached hydrogens (primary N) is 1. The molecule has 0 spiro atoms. The van der Waals surface area contributed by atoms with Gasteiger partial charge in [-0.05, 0) is 6.42 Å². The number of aliphatic imine (C=N–C) groups is 1. The van der Waals surface area contributed by atoms with Gasteiger partial charge in [0.05, 0.1) is 6.21 Å². The van der Waals surface area contributed by atoms with Crippen LogP contribution in [0.25, 0.3) is 0 Å². The fourth-order valence-corrected chi connectivity index (χ4v) is 0.932. The summed E-state index contributed by atoms with van der Waals surface area (Å²) in [6.45, 7) is 1.63. The third kappa shape index (κ3) is 3.79. The van der Waals surface area contributed by atoms with Crippen LogP contribution >= 0.6 is 0 Å². The van der Waals surface area contributed by atoms with Crippen molar-refractivity contribution in [3.63, 3.8) is 0 Å². The monoisotopic (exact) mass is 262 g/mol. The molecule has 8 heteroatoms. The van der Waals surface area contributed by atoms with Crippen LogP contribution < -0.4 is 5.73 Å². The molecule has 1 rings (SSSR count). The molecular formula is C10H10F4N4. The second-order valence-electron chi connectivity index (χ2n) is 3.22. The molecule has 0 radical (unpaired) electrons. The predicted molar refractivity (Wildman–Crippen MR) is 57.8 cm³/mol. The summed E-state index contributed by atoms with van der Waals surface area (Å²) in [5.74, 6) is -2.42. The lowest BCUT2D eigenvalue weighted by molar-refractivity contribution is -0.144. The van der Waals surface area contributed by atoms with Crippen LogP contribution in [0, 0.1) is 0 Å². The number of hydrogen-bond donors (Lipinski definition) is 1. The smallest absolute Gasteiger partial charge is 0.400 e. The highest BCUT2D eigenvalue weighted by Crippen LogP contribution is 2.26. The highest BCUT2D eigenvalue weighted by atomic mass is 19.4. The summed E-state index contributed by atoms with van der Waals surface area (Å²) in [6.07, 6.45) is -2.77. The van der Waals surface area contributed by atoms with Crippen LogP contribution in [0.15, 0.2) is 28.8 Å². The number of nitrogens with zero attached hydrogens (tertiary/aromatic N) is 3. The number of alkyl halides is 3. The van der Waals surface area contributed by atoms with Gasteiger partial charge in [0.25, 0.3) is 0 Å². The van der Waals surface area contributed by atoms with Gasteiger partial charge in [-0.2, -0.15) is 13.2 Å². The van der Waals surface area contributed by atoms with Gasteiger partial charge in [-0.15, -0.1) is 0 Å². The molecule has 0 atom stereocenters. The first-order chi connectivity index (χ1) is 8.34. The van der Waals surface area contributed by atoms with Gasteiger partial charge < -0.3 is 5.73 Å². The first kappa shape index (κ1) is 14.1. The van der Waals surface area contributed by atoms with E-state index in [1.54, 1.807) is 6.92 Å². The minimum Gasteiger partial charge on any atom is -0.400 e. The number of hydrogen-bond acceptors (Lipinski definition) is 4. The Labute approximate surface area is 100 Å². The second kappa shape index (κ2) is 5.56. The van der Waals surface area contributed by atoms with E-state index in [4.69, 9.17) is 5.73 Å². The minimum absolute atomic E-state index is 0.0381. The molecule has 98 valence electrons. The third-order valence-corrected chi connectivity index (χ3v) is 1.89. The Kier molecular flexibility index (Phi) is 4.35. The molecule has 1 aromatic heterocycles. The van der Waals surface area contributed by atoms with Crippen LogP contribution in [0.4, 0.5) is 23.4 Å². The van der Waals surface area contributed by atoms with Gasteiger partial charge in [0.2, 0.25) is 5.82 Å². The normalized spacial score (nSPS) is 13.8. The average molecular weight is 262 g/mol. The number of rotatable bonds is 3. The fourth-order valence-electron chi connectivity index (χ4n) is 0.932. The first-order valence-electron chi connectivity index (χ1n) is 4.93. The van der Waals surface area contributed by atoms with E-state index in [1.807, 2.05) is 0 Å². The Morgan fingerprint density at radius 2 is 2.17 bits per heavy atom. The van der Waals surface area contributed by atoms with Gasteiger partial charge in [-0.3, -0.25) is 0 Å². The molecule has 4 nitrogen and oxygen atoms in total. The van der Waals surface area contributed by atoms with Gasteiger partial charge >= 0.3 is 6.18 Å². The van der Waals surface area contributed by atoms with E-state index in [2.05, 4.69) is 15.0 Å². The van der Waals surface area contributed by atoms with E-state index in [9.17, 15) is 17.6 Å². The summed E-state index contributed by atoms with van der Waals surface area (Å²) in [4.78, 5) is 9.65. The molecule has 0 unspecified atom stereocenters. The highest BCUT2D eigenvalue weighted by Gasteiger charge is 2.34. The topological polar surface area (TPSA) is 64.2 Å². The molecule has 0 amide bonds. The molecule has 0 saturated heterocycles. The molecule has 0 aliphatic carbocycles. The van der Waals surface area contributed by atoms with Crippen molar-refractivity contribution in [2.75, 3.05) is 0 Å². The summed E-state index contributed by atoms with van der Waals surface area (Å²) in [7, 11) is 0. The van der Waals surface area contributed by atoms with E-state index < -0.39 is 17.8 Å². The maximum Gasteiger partial charge on any atom is 0.451 e. The molecule has 1 aromatic rings. The quantitative estimate of drug-likeness (QED) is 0.672. The van der Waals surface area contributed by atoms with Crippen molar-refractivity contribution in [3.8, 4) is 0 Å². The van der Waals surface area contributed by atoms with Crippen LogP contribution in [0.2, 0.25) is 0 Å². The van der Waals surface area contributed by atoms with Gasteiger partial charge in [-0.25, -0.2) is 19.4 Å². The highest BCUT2D eigenvalue weighted by molar-refractivity contribution is 5.78. The molecule has 1 heterocycles. The molecule has 0 bridgehead atoms. The van der Waals surface area contributed by atoms with Crippen molar-refractivity contribution in [1.29, 1.82) is 0 Å².